The molecule has 1 aromatic rings. The molecule has 0 spiro atoms. The summed E-state index contributed by atoms with van der Waals surface area (Å²) < 4.78 is 0. The highest BCUT2D eigenvalue weighted by Gasteiger charge is 2.16. The summed E-state index contributed by atoms with van der Waals surface area (Å²) >= 11 is 0. The fourth-order valence-electron chi connectivity index (χ4n) is 1.47. The van der Waals surface area contributed by atoms with Crippen molar-refractivity contribution < 1.29 is 19.5 Å². The predicted octanol–water partition coefficient (Wildman–Crippen LogP) is 0.639. The molecule has 1 unspecified atom stereocenters. The molecule has 2 amide bonds. The Morgan fingerprint density at radius 3 is 2.47 bits per heavy atom. The molecule has 0 aromatic heterocycles. The van der Waals surface area contributed by atoms with Gasteiger partial charge in [0.2, 0.25) is 5.91 Å². The van der Waals surface area contributed by atoms with E-state index in [-0.39, 0.29) is 17.0 Å². The van der Waals surface area contributed by atoms with Crippen LogP contribution in [0, 0.1) is 0 Å². The van der Waals surface area contributed by atoms with E-state index in [1.165, 1.54) is 24.3 Å². The maximum Gasteiger partial charge on any atom is 0.335 e. The third-order valence-corrected chi connectivity index (χ3v) is 2.46. The van der Waals surface area contributed by atoms with E-state index in [0.29, 0.717) is 6.54 Å². The molecule has 0 aliphatic heterocycles. The molecule has 0 saturated carbocycles. The SMILES string of the molecule is CCNC(=O)C(C)NC(=O)c1cccc(C(=O)O)c1. The maximum absolute atomic E-state index is 11.9. The van der Waals surface area contributed by atoms with Crippen LogP contribution >= 0.6 is 0 Å². The van der Waals surface area contributed by atoms with Crippen LogP contribution in [0.5, 0.6) is 0 Å². The van der Waals surface area contributed by atoms with Gasteiger partial charge in [-0.15, -0.1) is 0 Å². The Morgan fingerprint density at radius 1 is 1.26 bits per heavy atom. The lowest BCUT2D eigenvalue weighted by Crippen LogP contribution is -2.44. The van der Waals surface area contributed by atoms with Crippen LogP contribution in [0.15, 0.2) is 24.3 Å². The summed E-state index contributed by atoms with van der Waals surface area (Å²) in [5, 5.41) is 13.9. The quantitative estimate of drug-likeness (QED) is 0.727. The summed E-state index contributed by atoms with van der Waals surface area (Å²) in [5.41, 5.74) is 0.231. The number of carbonyl (C=O) groups is 3. The molecule has 0 aliphatic rings. The molecule has 1 rings (SSSR count). The number of rotatable bonds is 5. The molecule has 0 aliphatic carbocycles. The van der Waals surface area contributed by atoms with Crippen LogP contribution in [-0.2, 0) is 4.79 Å². The molecule has 6 nitrogen and oxygen atoms in total. The van der Waals surface area contributed by atoms with Crippen molar-refractivity contribution in [2.24, 2.45) is 0 Å². The van der Waals surface area contributed by atoms with Crippen molar-refractivity contribution in [1.29, 1.82) is 0 Å². The van der Waals surface area contributed by atoms with Gasteiger partial charge in [-0.2, -0.15) is 0 Å². The van der Waals surface area contributed by atoms with Crippen molar-refractivity contribution in [2.75, 3.05) is 6.54 Å². The molecule has 0 radical (unpaired) electrons. The van der Waals surface area contributed by atoms with Crippen molar-refractivity contribution in [2.45, 2.75) is 19.9 Å². The average molecular weight is 264 g/mol. The fraction of sp³-hybridized carbons (Fsp3) is 0.308. The second-order valence-corrected chi connectivity index (χ2v) is 3.98. The summed E-state index contributed by atoms with van der Waals surface area (Å²) in [6.45, 7) is 3.82. The van der Waals surface area contributed by atoms with Gasteiger partial charge in [0, 0.05) is 12.1 Å². The molecule has 1 aromatic carbocycles. The van der Waals surface area contributed by atoms with E-state index in [1.807, 2.05) is 0 Å². The highest BCUT2D eigenvalue weighted by Crippen LogP contribution is 2.05. The van der Waals surface area contributed by atoms with Crippen molar-refractivity contribution in [3.8, 4) is 0 Å². The minimum absolute atomic E-state index is 0.0262. The zero-order valence-corrected chi connectivity index (χ0v) is 10.8. The van der Waals surface area contributed by atoms with E-state index >= 15 is 0 Å². The van der Waals surface area contributed by atoms with Gasteiger partial charge in [-0.05, 0) is 32.0 Å². The number of hydrogen-bond acceptors (Lipinski definition) is 3. The van der Waals surface area contributed by atoms with Crippen molar-refractivity contribution in [1.82, 2.24) is 10.6 Å². The Balaban J connectivity index is 2.75. The van der Waals surface area contributed by atoms with E-state index in [4.69, 9.17) is 5.11 Å². The second-order valence-electron chi connectivity index (χ2n) is 3.98. The molecule has 3 N–H and O–H groups in total. The predicted molar refractivity (Wildman–Crippen MR) is 69.0 cm³/mol. The van der Waals surface area contributed by atoms with Crippen LogP contribution < -0.4 is 10.6 Å². The summed E-state index contributed by atoms with van der Waals surface area (Å²) in [6, 6.07) is 4.96. The topological polar surface area (TPSA) is 95.5 Å². The lowest BCUT2D eigenvalue weighted by Gasteiger charge is -2.13. The second kappa shape index (κ2) is 6.53. The smallest absolute Gasteiger partial charge is 0.335 e. The summed E-state index contributed by atoms with van der Waals surface area (Å²) in [6.07, 6.45) is 0. The van der Waals surface area contributed by atoms with E-state index in [2.05, 4.69) is 10.6 Å². The van der Waals surface area contributed by atoms with E-state index in [1.54, 1.807) is 13.8 Å². The molecule has 0 saturated heterocycles. The number of nitrogens with one attached hydrogen (secondary N) is 2. The highest BCUT2D eigenvalue weighted by molar-refractivity contribution is 5.99. The van der Waals surface area contributed by atoms with Crippen molar-refractivity contribution >= 4 is 17.8 Å². The van der Waals surface area contributed by atoms with Crippen LogP contribution in [-0.4, -0.2) is 35.5 Å². The van der Waals surface area contributed by atoms with Crippen LogP contribution in [0.4, 0.5) is 0 Å². The molecule has 0 heterocycles. The third kappa shape index (κ3) is 4.09. The minimum Gasteiger partial charge on any atom is -0.478 e. The van der Waals surface area contributed by atoms with Crippen molar-refractivity contribution in [3.05, 3.63) is 35.4 Å². The largest absolute Gasteiger partial charge is 0.478 e. The molecular formula is C13H16N2O4. The normalized spacial score (nSPS) is 11.5. The highest BCUT2D eigenvalue weighted by atomic mass is 16.4. The third-order valence-electron chi connectivity index (χ3n) is 2.46. The molecule has 19 heavy (non-hydrogen) atoms. The first-order valence-corrected chi connectivity index (χ1v) is 5.87. The first-order chi connectivity index (χ1) is 8.95. The Morgan fingerprint density at radius 2 is 1.89 bits per heavy atom. The Hall–Kier alpha value is -2.37. The maximum atomic E-state index is 11.9. The summed E-state index contributed by atoms with van der Waals surface area (Å²) in [4.78, 5) is 34.1. The van der Waals surface area contributed by atoms with Crippen LogP contribution in [0.3, 0.4) is 0 Å². The molecule has 0 bridgehead atoms. The molecule has 6 heteroatoms. The first kappa shape index (κ1) is 14.7. The number of hydrogen-bond donors (Lipinski definition) is 3. The zero-order chi connectivity index (χ0) is 14.4. The van der Waals surface area contributed by atoms with Crippen molar-refractivity contribution in [3.63, 3.8) is 0 Å². The van der Waals surface area contributed by atoms with E-state index in [9.17, 15) is 14.4 Å². The standard InChI is InChI=1S/C13H16N2O4/c1-3-14-11(16)8(2)15-12(17)9-5-4-6-10(7-9)13(18)19/h4-8H,3H2,1-2H3,(H,14,16)(H,15,17)(H,18,19). The van der Waals surface area contributed by atoms with Gasteiger partial charge in [0.1, 0.15) is 6.04 Å². The van der Waals surface area contributed by atoms with Gasteiger partial charge in [-0.1, -0.05) is 6.07 Å². The van der Waals surface area contributed by atoms with Gasteiger partial charge in [0.25, 0.3) is 5.91 Å². The number of carbonyl (C=O) groups excluding carboxylic acids is 2. The first-order valence-electron chi connectivity index (χ1n) is 5.87. The molecule has 1 atom stereocenters. The lowest BCUT2D eigenvalue weighted by atomic mass is 10.1. The zero-order valence-electron chi connectivity index (χ0n) is 10.8. The van der Waals surface area contributed by atoms with Crippen LogP contribution in [0.1, 0.15) is 34.6 Å². The summed E-state index contributed by atoms with van der Waals surface area (Å²) in [5.74, 6) is -1.88. The van der Waals surface area contributed by atoms with E-state index < -0.39 is 17.9 Å². The number of likely N-dealkylation sites (N-methyl/N-ethyl adjacent to an activating group) is 1. The molecule has 0 fully saturated rings. The summed E-state index contributed by atoms with van der Waals surface area (Å²) in [7, 11) is 0. The number of benzene rings is 1. The minimum atomic E-state index is -1.11. The van der Waals surface area contributed by atoms with Crippen LogP contribution in [0.2, 0.25) is 0 Å². The van der Waals surface area contributed by atoms with Gasteiger partial charge in [-0.25, -0.2) is 4.79 Å². The number of carboxylic acid groups (broad SMARTS) is 1. The van der Waals surface area contributed by atoms with Crippen LogP contribution in [0.25, 0.3) is 0 Å². The van der Waals surface area contributed by atoms with E-state index in [0.717, 1.165) is 0 Å². The number of amides is 2. The average Bonchev–Trinajstić information content (AvgIpc) is 2.39. The Kier molecular flexibility index (Phi) is 5.05. The Bertz CT molecular complexity index is 499. The number of aromatic carboxylic acids is 1. The van der Waals surface area contributed by atoms with Gasteiger partial charge in [0.05, 0.1) is 5.56 Å². The molecular weight excluding hydrogens is 248 g/mol. The Labute approximate surface area is 110 Å². The van der Waals surface area contributed by atoms with Gasteiger partial charge < -0.3 is 15.7 Å². The van der Waals surface area contributed by atoms with Gasteiger partial charge >= 0.3 is 5.97 Å². The fourth-order valence-corrected chi connectivity index (χ4v) is 1.47. The molecule has 102 valence electrons. The van der Waals surface area contributed by atoms with Gasteiger partial charge in [0.15, 0.2) is 0 Å². The monoisotopic (exact) mass is 264 g/mol. The number of carboxylic acids is 1. The van der Waals surface area contributed by atoms with Gasteiger partial charge in [-0.3, -0.25) is 9.59 Å². The lowest BCUT2D eigenvalue weighted by molar-refractivity contribution is -0.122.